The van der Waals surface area contributed by atoms with Gasteiger partial charge in [-0.3, -0.25) is 4.79 Å². The summed E-state index contributed by atoms with van der Waals surface area (Å²) in [6, 6.07) is 5.66. The second-order valence-electron chi connectivity index (χ2n) is 5.70. The molecule has 1 aliphatic rings. The number of amides is 1. The van der Waals surface area contributed by atoms with Crippen molar-refractivity contribution in [1.82, 2.24) is 9.29 Å². The van der Waals surface area contributed by atoms with Crippen LogP contribution in [0.5, 0.6) is 0 Å². The molecule has 1 aromatic heterocycles. The second kappa shape index (κ2) is 7.19. The minimum Gasteiger partial charge on any atom is -0.356 e. The zero-order chi connectivity index (χ0) is 18.0. The molecule has 0 bridgehead atoms. The lowest BCUT2D eigenvalue weighted by molar-refractivity contribution is 0.102. The van der Waals surface area contributed by atoms with Gasteiger partial charge in [0.25, 0.3) is 5.91 Å². The molecule has 0 spiro atoms. The monoisotopic (exact) mass is 383 g/mol. The number of hydrogen-bond acceptors (Lipinski definition) is 4. The molecule has 134 valence electrons. The van der Waals surface area contributed by atoms with Gasteiger partial charge < -0.3 is 10.3 Å². The molecule has 1 aliphatic heterocycles. The molecule has 6 nitrogen and oxygen atoms in total. The first-order valence-corrected chi connectivity index (χ1v) is 10.3. The van der Waals surface area contributed by atoms with Crippen molar-refractivity contribution >= 4 is 33.4 Å². The zero-order valence-electron chi connectivity index (χ0n) is 13.6. The van der Waals surface area contributed by atoms with E-state index in [-0.39, 0.29) is 16.3 Å². The number of hydrogen-bond donors (Lipinski definition) is 2. The van der Waals surface area contributed by atoms with Crippen molar-refractivity contribution in [3.8, 4) is 0 Å². The van der Waals surface area contributed by atoms with Gasteiger partial charge in [-0.25, -0.2) is 12.8 Å². The van der Waals surface area contributed by atoms with E-state index in [1.54, 1.807) is 24.8 Å². The lowest BCUT2D eigenvalue weighted by atomic mass is 10.2. The van der Waals surface area contributed by atoms with Crippen LogP contribution in [-0.2, 0) is 10.0 Å². The van der Waals surface area contributed by atoms with Crippen molar-refractivity contribution in [1.29, 1.82) is 0 Å². The Morgan fingerprint density at radius 1 is 1.28 bits per heavy atom. The molecule has 1 saturated heterocycles. The van der Waals surface area contributed by atoms with Gasteiger partial charge >= 0.3 is 0 Å². The molecule has 0 saturated carbocycles. The molecule has 25 heavy (non-hydrogen) atoms. The van der Waals surface area contributed by atoms with E-state index in [0.717, 1.165) is 17.1 Å². The van der Waals surface area contributed by atoms with Gasteiger partial charge in [-0.05, 0) is 30.7 Å². The number of sulfonamides is 1. The first-order valence-electron chi connectivity index (χ1n) is 7.72. The standard InChI is InChI=1S/C16H18FN3O3S2/c1-11-2-3-13(17)14(8-11)19-16(21)15-9-12(10-18-15)25(22,23)20-4-6-24-7-5-20/h2-3,8-10,18H,4-7H2,1H3,(H,19,21). The van der Waals surface area contributed by atoms with Crippen LogP contribution in [0, 0.1) is 12.7 Å². The van der Waals surface area contributed by atoms with Crippen LogP contribution >= 0.6 is 11.8 Å². The topological polar surface area (TPSA) is 82.3 Å². The van der Waals surface area contributed by atoms with Crippen LogP contribution in [0.25, 0.3) is 0 Å². The van der Waals surface area contributed by atoms with Crippen LogP contribution < -0.4 is 5.32 Å². The number of carbonyl (C=O) groups excluding carboxylic acids is 1. The Bertz CT molecular complexity index is 890. The number of nitrogens with zero attached hydrogens (tertiary/aromatic N) is 1. The highest BCUT2D eigenvalue weighted by Crippen LogP contribution is 2.22. The summed E-state index contributed by atoms with van der Waals surface area (Å²) in [7, 11) is -3.63. The summed E-state index contributed by atoms with van der Waals surface area (Å²) in [5.41, 5.74) is 0.914. The van der Waals surface area contributed by atoms with Crippen molar-refractivity contribution in [2.24, 2.45) is 0 Å². The summed E-state index contributed by atoms with van der Waals surface area (Å²) in [6.07, 6.45) is 1.29. The zero-order valence-corrected chi connectivity index (χ0v) is 15.2. The van der Waals surface area contributed by atoms with Crippen LogP contribution in [0.2, 0.25) is 0 Å². The predicted molar refractivity (Wildman–Crippen MR) is 96.0 cm³/mol. The van der Waals surface area contributed by atoms with E-state index < -0.39 is 21.7 Å². The van der Waals surface area contributed by atoms with E-state index in [0.29, 0.717) is 13.1 Å². The molecule has 1 aromatic carbocycles. The van der Waals surface area contributed by atoms with Crippen molar-refractivity contribution in [3.63, 3.8) is 0 Å². The average Bonchev–Trinajstić information content (AvgIpc) is 3.10. The maximum atomic E-state index is 13.8. The highest BCUT2D eigenvalue weighted by Gasteiger charge is 2.27. The van der Waals surface area contributed by atoms with Gasteiger partial charge in [0.05, 0.1) is 5.69 Å². The molecule has 2 N–H and O–H groups in total. The number of halogens is 1. The summed E-state index contributed by atoms with van der Waals surface area (Å²) in [5, 5.41) is 2.45. The number of aromatic amines is 1. The summed E-state index contributed by atoms with van der Waals surface area (Å²) in [4.78, 5) is 15.0. The van der Waals surface area contributed by atoms with E-state index in [1.165, 1.54) is 28.7 Å². The molecule has 2 aromatic rings. The van der Waals surface area contributed by atoms with E-state index in [1.807, 2.05) is 0 Å². The SMILES string of the molecule is Cc1ccc(F)c(NC(=O)c2cc(S(=O)(=O)N3CCSCC3)c[nH]2)c1. The highest BCUT2D eigenvalue weighted by molar-refractivity contribution is 7.99. The third kappa shape index (κ3) is 3.88. The number of anilines is 1. The van der Waals surface area contributed by atoms with Gasteiger partial charge in [-0.15, -0.1) is 0 Å². The van der Waals surface area contributed by atoms with Crippen LogP contribution in [0.4, 0.5) is 10.1 Å². The molecule has 0 radical (unpaired) electrons. The van der Waals surface area contributed by atoms with Crippen molar-refractivity contribution < 1.29 is 17.6 Å². The van der Waals surface area contributed by atoms with Crippen LogP contribution in [-0.4, -0.2) is 48.2 Å². The third-order valence-electron chi connectivity index (χ3n) is 3.88. The van der Waals surface area contributed by atoms with Crippen LogP contribution in [0.15, 0.2) is 35.4 Å². The molecule has 0 atom stereocenters. The summed E-state index contributed by atoms with van der Waals surface area (Å²) < 4.78 is 40.3. The molecular weight excluding hydrogens is 365 g/mol. The molecule has 1 amide bonds. The Labute approximate surface area is 149 Å². The fourth-order valence-corrected chi connectivity index (χ4v) is 5.09. The first-order chi connectivity index (χ1) is 11.9. The number of thioether (sulfide) groups is 1. The second-order valence-corrected chi connectivity index (χ2v) is 8.87. The van der Waals surface area contributed by atoms with Crippen molar-refractivity contribution in [3.05, 3.63) is 47.5 Å². The number of aromatic nitrogens is 1. The molecule has 1 fully saturated rings. The lowest BCUT2D eigenvalue weighted by Gasteiger charge is -2.24. The van der Waals surface area contributed by atoms with Gasteiger partial charge in [0, 0.05) is 30.8 Å². The Morgan fingerprint density at radius 3 is 2.72 bits per heavy atom. The Morgan fingerprint density at radius 2 is 2.00 bits per heavy atom. The molecular formula is C16H18FN3O3S2. The van der Waals surface area contributed by atoms with E-state index in [2.05, 4.69) is 10.3 Å². The molecule has 9 heteroatoms. The molecule has 0 unspecified atom stereocenters. The fourth-order valence-electron chi connectivity index (χ4n) is 2.52. The van der Waals surface area contributed by atoms with E-state index >= 15 is 0 Å². The van der Waals surface area contributed by atoms with Crippen molar-refractivity contribution in [2.45, 2.75) is 11.8 Å². The largest absolute Gasteiger partial charge is 0.356 e. The van der Waals surface area contributed by atoms with Crippen LogP contribution in [0.3, 0.4) is 0 Å². The normalized spacial score (nSPS) is 15.9. The van der Waals surface area contributed by atoms with Gasteiger partial charge in [0.1, 0.15) is 16.4 Å². The van der Waals surface area contributed by atoms with E-state index in [4.69, 9.17) is 0 Å². The minimum absolute atomic E-state index is 0.0364. The maximum Gasteiger partial charge on any atom is 0.272 e. The summed E-state index contributed by atoms with van der Waals surface area (Å²) in [5.74, 6) is 0.358. The third-order valence-corrected chi connectivity index (χ3v) is 6.70. The van der Waals surface area contributed by atoms with Crippen LogP contribution in [0.1, 0.15) is 16.1 Å². The van der Waals surface area contributed by atoms with Gasteiger partial charge in [-0.2, -0.15) is 16.1 Å². The Hall–Kier alpha value is -1.84. The molecule has 0 aliphatic carbocycles. The number of benzene rings is 1. The smallest absolute Gasteiger partial charge is 0.272 e. The van der Waals surface area contributed by atoms with Crippen molar-refractivity contribution in [2.75, 3.05) is 29.9 Å². The Balaban J connectivity index is 1.78. The number of H-pyrrole nitrogens is 1. The average molecular weight is 383 g/mol. The summed E-state index contributed by atoms with van der Waals surface area (Å²) >= 11 is 1.71. The number of rotatable bonds is 4. The van der Waals surface area contributed by atoms with Gasteiger partial charge in [0.2, 0.25) is 10.0 Å². The molecule has 3 rings (SSSR count). The lowest BCUT2D eigenvalue weighted by Crippen LogP contribution is -2.37. The number of aryl methyl sites for hydroxylation is 1. The number of carbonyl (C=O) groups is 1. The quantitative estimate of drug-likeness (QED) is 0.850. The van der Waals surface area contributed by atoms with E-state index in [9.17, 15) is 17.6 Å². The Kier molecular flexibility index (Phi) is 5.16. The highest BCUT2D eigenvalue weighted by atomic mass is 32.2. The van der Waals surface area contributed by atoms with Gasteiger partial charge in [0.15, 0.2) is 0 Å². The summed E-state index contributed by atoms with van der Waals surface area (Å²) in [6.45, 7) is 2.69. The minimum atomic E-state index is -3.63. The van der Waals surface area contributed by atoms with Gasteiger partial charge in [-0.1, -0.05) is 6.07 Å². The predicted octanol–water partition coefficient (Wildman–Crippen LogP) is 2.45. The maximum absolute atomic E-state index is 13.8. The number of nitrogens with one attached hydrogen (secondary N) is 2. The fraction of sp³-hybridized carbons (Fsp3) is 0.312. The molecule has 2 heterocycles. The first kappa shape index (κ1) is 18.0.